The molecule has 1 aliphatic rings. The summed E-state index contributed by atoms with van der Waals surface area (Å²) in [6.07, 6.45) is -0.0894. The van der Waals surface area contributed by atoms with Gasteiger partial charge in [0.1, 0.15) is 11.9 Å². The van der Waals surface area contributed by atoms with Gasteiger partial charge in [0, 0.05) is 18.0 Å². The largest absolute Gasteiger partial charge is 0.482 e. The van der Waals surface area contributed by atoms with Gasteiger partial charge in [-0.15, -0.1) is 11.8 Å². The van der Waals surface area contributed by atoms with Crippen LogP contribution in [0.3, 0.4) is 0 Å². The molecule has 0 aliphatic carbocycles. The molecule has 0 amide bonds. The fourth-order valence-corrected chi connectivity index (χ4v) is 3.48. The maximum Gasteiger partial charge on any atom is 0.151 e. The number of rotatable bonds is 6. The molecule has 2 aromatic rings. The Balaban J connectivity index is 1.86. The van der Waals surface area contributed by atoms with Gasteiger partial charge in [-0.1, -0.05) is 49.4 Å². The topological polar surface area (TPSA) is 30.5 Å². The summed E-state index contributed by atoms with van der Waals surface area (Å²) in [6, 6.07) is 18.6. The molecule has 3 nitrogen and oxygen atoms in total. The molecule has 1 saturated heterocycles. The van der Waals surface area contributed by atoms with E-state index in [1.54, 1.807) is 11.8 Å². The van der Waals surface area contributed by atoms with Gasteiger partial charge in [-0.3, -0.25) is 0 Å². The average molecular weight is 329 g/mol. The number of morpholine rings is 1. The van der Waals surface area contributed by atoms with E-state index in [4.69, 9.17) is 9.47 Å². The molecule has 23 heavy (non-hydrogen) atoms. The number of thioether (sulfide) groups is 1. The highest BCUT2D eigenvalue weighted by atomic mass is 32.2. The van der Waals surface area contributed by atoms with Gasteiger partial charge in [-0.2, -0.15) is 0 Å². The minimum absolute atomic E-state index is 0.0193. The number of ether oxygens (including phenoxy) is 2. The van der Waals surface area contributed by atoms with Gasteiger partial charge < -0.3 is 14.8 Å². The Morgan fingerprint density at radius 2 is 1.96 bits per heavy atom. The summed E-state index contributed by atoms with van der Waals surface area (Å²) in [6.45, 7) is 4.59. The lowest BCUT2D eigenvalue weighted by atomic mass is 10.0. The number of benzene rings is 2. The first-order valence-electron chi connectivity index (χ1n) is 8.14. The van der Waals surface area contributed by atoms with Crippen LogP contribution in [0.15, 0.2) is 59.5 Å². The summed E-state index contributed by atoms with van der Waals surface area (Å²) in [7, 11) is 0. The van der Waals surface area contributed by atoms with Crippen molar-refractivity contribution in [2.45, 2.75) is 24.0 Å². The van der Waals surface area contributed by atoms with Crippen LogP contribution in [0.4, 0.5) is 0 Å². The van der Waals surface area contributed by atoms with Crippen LogP contribution >= 0.6 is 11.8 Å². The number of hydrogen-bond donors (Lipinski definition) is 1. The molecule has 0 radical (unpaired) electrons. The van der Waals surface area contributed by atoms with Crippen molar-refractivity contribution in [2.75, 3.05) is 25.4 Å². The lowest BCUT2D eigenvalue weighted by Gasteiger charge is -2.32. The normalized spacial score (nSPS) is 19.3. The van der Waals surface area contributed by atoms with Crippen molar-refractivity contribution in [1.29, 1.82) is 0 Å². The zero-order valence-corrected chi connectivity index (χ0v) is 14.2. The number of hydrogen-bond acceptors (Lipinski definition) is 4. The summed E-state index contributed by atoms with van der Waals surface area (Å²) in [5, 5.41) is 3.40. The second-order valence-electron chi connectivity index (χ2n) is 5.44. The van der Waals surface area contributed by atoms with Gasteiger partial charge in [0.15, 0.2) is 6.10 Å². The molecule has 1 unspecified atom stereocenters. The summed E-state index contributed by atoms with van der Waals surface area (Å²) in [4.78, 5) is 1.18. The average Bonchev–Trinajstić information content (AvgIpc) is 2.63. The molecular formula is C19H23NO2S. The van der Waals surface area contributed by atoms with Crippen LogP contribution in [0.2, 0.25) is 0 Å². The Morgan fingerprint density at radius 1 is 1.17 bits per heavy atom. The lowest BCUT2D eigenvalue weighted by molar-refractivity contribution is -0.0440. The van der Waals surface area contributed by atoms with Gasteiger partial charge in [0.05, 0.1) is 6.61 Å². The van der Waals surface area contributed by atoms with Gasteiger partial charge in [-0.05, 0) is 23.4 Å². The van der Waals surface area contributed by atoms with Crippen molar-refractivity contribution < 1.29 is 9.47 Å². The van der Waals surface area contributed by atoms with Crippen molar-refractivity contribution in [2.24, 2.45) is 0 Å². The Bertz CT molecular complexity index is 599. The monoisotopic (exact) mass is 329 g/mol. The Kier molecular flexibility index (Phi) is 5.97. The second-order valence-corrected chi connectivity index (χ2v) is 6.75. The SMILES string of the molecule is CCSc1ccccc1O[C@@H](c1ccccc1)C1CNCCO1. The van der Waals surface area contributed by atoms with E-state index in [1.165, 1.54) is 4.90 Å². The first-order chi connectivity index (χ1) is 11.4. The molecule has 3 rings (SSSR count). The van der Waals surface area contributed by atoms with E-state index >= 15 is 0 Å². The van der Waals surface area contributed by atoms with Crippen molar-refractivity contribution in [1.82, 2.24) is 5.32 Å². The Hall–Kier alpha value is -1.49. The summed E-state index contributed by atoms with van der Waals surface area (Å²) in [5.74, 6) is 1.96. The standard InChI is InChI=1S/C19H23NO2S/c1-2-23-18-11-7-6-10-16(18)22-19(15-8-4-3-5-9-15)17-14-20-12-13-21-17/h3-11,17,19-20H,2,12-14H2,1H3/t17?,19-/m0/s1. The zero-order chi connectivity index (χ0) is 15.9. The van der Waals surface area contributed by atoms with E-state index in [0.29, 0.717) is 0 Å². The van der Waals surface area contributed by atoms with E-state index in [-0.39, 0.29) is 12.2 Å². The van der Waals surface area contributed by atoms with Crippen LogP contribution < -0.4 is 10.1 Å². The van der Waals surface area contributed by atoms with E-state index in [2.05, 4.69) is 48.6 Å². The fourth-order valence-electron chi connectivity index (χ4n) is 2.74. The van der Waals surface area contributed by atoms with Gasteiger partial charge in [-0.25, -0.2) is 0 Å². The van der Waals surface area contributed by atoms with Gasteiger partial charge in [0.25, 0.3) is 0 Å². The second kappa shape index (κ2) is 8.39. The first kappa shape index (κ1) is 16.4. The lowest BCUT2D eigenvalue weighted by Crippen LogP contribution is -2.43. The van der Waals surface area contributed by atoms with E-state index < -0.39 is 0 Å². The van der Waals surface area contributed by atoms with Crippen LogP contribution in [-0.2, 0) is 4.74 Å². The fraction of sp³-hybridized carbons (Fsp3) is 0.368. The third-order valence-electron chi connectivity index (χ3n) is 3.83. The molecule has 0 bridgehead atoms. The quantitative estimate of drug-likeness (QED) is 0.814. The minimum atomic E-state index is -0.109. The van der Waals surface area contributed by atoms with Crippen LogP contribution in [-0.4, -0.2) is 31.6 Å². The van der Waals surface area contributed by atoms with Crippen LogP contribution in [0.1, 0.15) is 18.6 Å². The zero-order valence-electron chi connectivity index (χ0n) is 13.4. The Labute approximate surface area is 142 Å². The van der Waals surface area contributed by atoms with E-state index in [9.17, 15) is 0 Å². The minimum Gasteiger partial charge on any atom is -0.482 e. The number of nitrogens with one attached hydrogen (secondary N) is 1. The molecule has 4 heteroatoms. The number of para-hydroxylation sites is 1. The predicted molar refractivity (Wildman–Crippen MR) is 95.3 cm³/mol. The molecule has 2 atom stereocenters. The molecule has 0 spiro atoms. The highest BCUT2D eigenvalue weighted by Gasteiger charge is 2.28. The summed E-state index contributed by atoms with van der Waals surface area (Å²) in [5.41, 5.74) is 1.15. The van der Waals surface area contributed by atoms with E-state index in [1.807, 2.05) is 18.2 Å². The maximum atomic E-state index is 6.44. The molecular weight excluding hydrogens is 306 g/mol. The van der Waals surface area contributed by atoms with Crippen LogP contribution in [0, 0.1) is 0 Å². The molecule has 1 heterocycles. The molecule has 2 aromatic carbocycles. The highest BCUT2D eigenvalue weighted by Crippen LogP contribution is 2.34. The molecule has 1 N–H and O–H groups in total. The van der Waals surface area contributed by atoms with Crippen molar-refractivity contribution >= 4 is 11.8 Å². The van der Waals surface area contributed by atoms with E-state index in [0.717, 1.165) is 36.8 Å². The van der Waals surface area contributed by atoms with Gasteiger partial charge in [0.2, 0.25) is 0 Å². The molecule has 1 fully saturated rings. The van der Waals surface area contributed by atoms with Crippen molar-refractivity contribution in [3.8, 4) is 5.75 Å². The third-order valence-corrected chi connectivity index (χ3v) is 4.76. The van der Waals surface area contributed by atoms with Crippen LogP contribution in [0.5, 0.6) is 5.75 Å². The summed E-state index contributed by atoms with van der Waals surface area (Å²) >= 11 is 1.80. The highest BCUT2D eigenvalue weighted by molar-refractivity contribution is 7.99. The third kappa shape index (κ3) is 4.28. The van der Waals surface area contributed by atoms with Crippen LogP contribution in [0.25, 0.3) is 0 Å². The Morgan fingerprint density at radius 3 is 2.70 bits per heavy atom. The van der Waals surface area contributed by atoms with Crippen molar-refractivity contribution in [3.63, 3.8) is 0 Å². The molecule has 0 saturated carbocycles. The molecule has 1 aliphatic heterocycles. The maximum absolute atomic E-state index is 6.44. The molecule has 0 aromatic heterocycles. The predicted octanol–water partition coefficient (Wildman–Crippen LogP) is 3.91. The van der Waals surface area contributed by atoms with Crippen molar-refractivity contribution in [3.05, 3.63) is 60.2 Å². The summed E-state index contributed by atoms with van der Waals surface area (Å²) < 4.78 is 12.4. The van der Waals surface area contributed by atoms with Gasteiger partial charge >= 0.3 is 0 Å². The smallest absolute Gasteiger partial charge is 0.151 e. The first-order valence-corrected chi connectivity index (χ1v) is 9.13. The molecule has 122 valence electrons.